The van der Waals surface area contributed by atoms with Gasteiger partial charge in [0.2, 0.25) is 5.13 Å². The molecule has 6 heteroatoms. The van der Waals surface area contributed by atoms with E-state index in [1.165, 1.54) is 24.4 Å². The van der Waals surface area contributed by atoms with E-state index in [9.17, 15) is 0 Å². The molecule has 2 aliphatic rings. The largest absolute Gasteiger partial charge is 0.489 e. The Morgan fingerprint density at radius 1 is 1.14 bits per heavy atom. The number of hydrogen-bond donors (Lipinski definition) is 0. The maximum atomic E-state index is 6.15. The molecule has 0 bridgehead atoms. The molecular weight excluding hydrogens is 318 g/mol. The number of benzene rings is 1. The molecule has 1 saturated carbocycles. The predicted octanol–water partition coefficient (Wildman–Crippen LogP) is 4.12. The molecule has 4 nitrogen and oxygen atoms in total. The summed E-state index contributed by atoms with van der Waals surface area (Å²) < 4.78 is 10.5. The highest BCUT2D eigenvalue weighted by Crippen LogP contribution is 2.40. The molecule has 0 atom stereocenters. The molecule has 1 aliphatic carbocycles. The van der Waals surface area contributed by atoms with Gasteiger partial charge >= 0.3 is 0 Å². The Balaban J connectivity index is 1.34. The van der Waals surface area contributed by atoms with Crippen molar-refractivity contribution in [2.45, 2.75) is 37.7 Å². The van der Waals surface area contributed by atoms with E-state index >= 15 is 0 Å². The maximum Gasteiger partial charge on any atom is 0.205 e. The van der Waals surface area contributed by atoms with Gasteiger partial charge in [-0.25, -0.2) is 4.98 Å². The normalized spacial score (nSPS) is 19.4. The van der Waals surface area contributed by atoms with Gasteiger partial charge in [0.1, 0.15) is 17.7 Å². The van der Waals surface area contributed by atoms with Crippen LogP contribution in [0.25, 0.3) is 0 Å². The first-order valence-corrected chi connectivity index (χ1v) is 8.94. The fraction of sp³-hybridized carbons (Fsp3) is 0.500. The quantitative estimate of drug-likeness (QED) is 0.842. The number of piperidine rings is 1. The molecule has 0 spiro atoms. The second kappa shape index (κ2) is 6.05. The predicted molar refractivity (Wildman–Crippen MR) is 89.2 cm³/mol. The Kier molecular flexibility index (Phi) is 3.92. The van der Waals surface area contributed by atoms with Gasteiger partial charge in [-0.3, -0.25) is 0 Å². The van der Waals surface area contributed by atoms with Crippen LogP contribution >= 0.6 is 23.1 Å². The first kappa shape index (κ1) is 14.3. The molecule has 116 valence electrons. The van der Waals surface area contributed by atoms with Gasteiger partial charge in [-0.15, -0.1) is 0 Å². The molecule has 22 heavy (non-hydrogen) atoms. The second-order valence-electron chi connectivity index (χ2n) is 5.94. The van der Waals surface area contributed by atoms with Crippen molar-refractivity contribution in [3.8, 4) is 5.75 Å². The summed E-state index contributed by atoms with van der Waals surface area (Å²) in [5.74, 6) is 2.47. The zero-order valence-electron chi connectivity index (χ0n) is 12.2. The van der Waals surface area contributed by atoms with Crippen LogP contribution in [-0.4, -0.2) is 28.6 Å². The van der Waals surface area contributed by atoms with E-state index < -0.39 is 0 Å². The SMILES string of the molecule is Clc1ccccc1OC1CCN(c2nc(C3CC3)ns2)CC1. The molecule has 0 unspecified atom stereocenters. The summed E-state index contributed by atoms with van der Waals surface area (Å²) in [6.45, 7) is 1.93. The van der Waals surface area contributed by atoms with Gasteiger partial charge in [0, 0.05) is 43.4 Å². The molecule has 0 radical (unpaired) electrons. The third-order valence-electron chi connectivity index (χ3n) is 4.22. The summed E-state index contributed by atoms with van der Waals surface area (Å²) in [6, 6.07) is 7.68. The number of ether oxygens (including phenoxy) is 1. The van der Waals surface area contributed by atoms with E-state index in [1.54, 1.807) is 0 Å². The number of anilines is 1. The van der Waals surface area contributed by atoms with Crippen molar-refractivity contribution in [3.63, 3.8) is 0 Å². The van der Waals surface area contributed by atoms with Crippen molar-refractivity contribution < 1.29 is 4.74 Å². The Labute approximate surface area is 139 Å². The molecule has 1 saturated heterocycles. The van der Waals surface area contributed by atoms with Gasteiger partial charge in [-0.05, 0) is 25.0 Å². The lowest BCUT2D eigenvalue weighted by molar-refractivity contribution is 0.171. The lowest BCUT2D eigenvalue weighted by atomic mass is 10.1. The van der Waals surface area contributed by atoms with E-state index in [-0.39, 0.29) is 6.10 Å². The summed E-state index contributed by atoms with van der Waals surface area (Å²) in [5.41, 5.74) is 0. The second-order valence-corrected chi connectivity index (χ2v) is 7.08. The zero-order valence-corrected chi connectivity index (χ0v) is 13.8. The Hall–Kier alpha value is -1.33. The minimum Gasteiger partial charge on any atom is -0.489 e. The van der Waals surface area contributed by atoms with Crippen LogP contribution in [0.2, 0.25) is 5.02 Å². The van der Waals surface area contributed by atoms with Gasteiger partial charge < -0.3 is 9.64 Å². The fourth-order valence-corrected chi connectivity index (χ4v) is 3.72. The summed E-state index contributed by atoms with van der Waals surface area (Å²) in [5, 5.41) is 1.75. The van der Waals surface area contributed by atoms with Crippen molar-refractivity contribution in [2.24, 2.45) is 0 Å². The smallest absolute Gasteiger partial charge is 0.205 e. The standard InChI is InChI=1S/C16H18ClN3OS/c17-13-3-1-2-4-14(13)21-12-7-9-20(10-8-12)16-18-15(19-22-16)11-5-6-11/h1-4,11-12H,5-10H2. The Morgan fingerprint density at radius 2 is 1.91 bits per heavy atom. The Bertz CT molecular complexity index is 650. The summed E-state index contributed by atoms with van der Waals surface area (Å²) in [6.07, 6.45) is 4.72. The molecule has 2 fully saturated rings. The molecule has 1 aromatic carbocycles. The molecule has 0 amide bonds. The summed E-state index contributed by atoms with van der Waals surface area (Å²) in [4.78, 5) is 7.02. The summed E-state index contributed by atoms with van der Waals surface area (Å²) in [7, 11) is 0. The first-order valence-electron chi connectivity index (χ1n) is 7.79. The van der Waals surface area contributed by atoms with Crippen molar-refractivity contribution in [2.75, 3.05) is 18.0 Å². The first-order chi connectivity index (χ1) is 10.8. The van der Waals surface area contributed by atoms with Crippen molar-refractivity contribution in [1.82, 2.24) is 9.36 Å². The van der Waals surface area contributed by atoms with Crippen LogP contribution in [0.5, 0.6) is 5.75 Å². The molecule has 4 rings (SSSR count). The molecule has 1 aromatic heterocycles. The van der Waals surface area contributed by atoms with Crippen LogP contribution in [-0.2, 0) is 0 Å². The molecule has 2 heterocycles. The van der Waals surface area contributed by atoms with E-state index in [0.717, 1.165) is 42.6 Å². The lowest BCUT2D eigenvalue weighted by Crippen LogP contribution is -2.38. The van der Waals surface area contributed by atoms with Gasteiger partial charge in [0.15, 0.2) is 0 Å². The number of aromatic nitrogens is 2. The number of rotatable bonds is 4. The minimum atomic E-state index is 0.229. The maximum absolute atomic E-state index is 6.15. The highest BCUT2D eigenvalue weighted by atomic mass is 35.5. The topological polar surface area (TPSA) is 38.2 Å². The number of para-hydroxylation sites is 1. The van der Waals surface area contributed by atoms with E-state index in [4.69, 9.17) is 21.3 Å². The third kappa shape index (κ3) is 3.06. The van der Waals surface area contributed by atoms with Crippen molar-refractivity contribution in [3.05, 3.63) is 35.1 Å². The van der Waals surface area contributed by atoms with Crippen LogP contribution < -0.4 is 9.64 Å². The van der Waals surface area contributed by atoms with E-state index in [1.807, 2.05) is 24.3 Å². The number of halogens is 1. The van der Waals surface area contributed by atoms with Gasteiger partial charge in [-0.2, -0.15) is 4.37 Å². The van der Waals surface area contributed by atoms with Crippen LogP contribution in [0.15, 0.2) is 24.3 Å². The van der Waals surface area contributed by atoms with E-state index in [0.29, 0.717) is 10.9 Å². The highest BCUT2D eigenvalue weighted by molar-refractivity contribution is 7.09. The Morgan fingerprint density at radius 3 is 2.64 bits per heavy atom. The third-order valence-corrected chi connectivity index (χ3v) is 5.32. The van der Waals surface area contributed by atoms with Crippen molar-refractivity contribution >= 4 is 28.3 Å². The zero-order chi connectivity index (χ0) is 14.9. The van der Waals surface area contributed by atoms with Crippen LogP contribution in [0.3, 0.4) is 0 Å². The fourth-order valence-electron chi connectivity index (χ4n) is 2.75. The molecule has 1 aliphatic heterocycles. The summed E-state index contributed by atoms with van der Waals surface area (Å²) >= 11 is 7.69. The average Bonchev–Trinajstić information content (AvgIpc) is 3.28. The average molecular weight is 336 g/mol. The molecule has 2 aromatic rings. The number of hydrogen-bond acceptors (Lipinski definition) is 5. The number of nitrogens with zero attached hydrogens (tertiary/aromatic N) is 3. The van der Waals surface area contributed by atoms with E-state index in [2.05, 4.69) is 9.27 Å². The van der Waals surface area contributed by atoms with Crippen molar-refractivity contribution in [1.29, 1.82) is 0 Å². The molecule has 0 N–H and O–H groups in total. The highest BCUT2D eigenvalue weighted by Gasteiger charge is 2.29. The molecular formula is C16H18ClN3OS. The van der Waals surface area contributed by atoms with Gasteiger partial charge in [-0.1, -0.05) is 23.7 Å². The minimum absolute atomic E-state index is 0.229. The van der Waals surface area contributed by atoms with Crippen LogP contribution in [0, 0.1) is 0 Å². The lowest BCUT2D eigenvalue weighted by Gasteiger charge is -2.31. The monoisotopic (exact) mass is 335 g/mol. The van der Waals surface area contributed by atoms with Gasteiger partial charge in [0.05, 0.1) is 5.02 Å². The van der Waals surface area contributed by atoms with Crippen LogP contribution in [0.4, 0.5) is 5.13 Å². The van der Waals surface area contributed by atoms with Gasteiger partial charge in [0.25, 0.3) is 0 Å². The van der Waals surface area contributed by atoms with Crippen LogP contribution in [0.1, 0.15) is 37.4 Å².